The van der Waals surface area contributed by atoms with Gasteiger partial charge < -0.3 is 10.7 Å². The summed E-state index contributed by atoms with van der Waals surface area (Å²) in [7, 11) is 0. The predicted molar refractivity (Wildman–Crippen MR) is 87.1 cm³/mol. The summed E-state index contributed by atoms with van der Waals surface area (Å²) in [5.74, 6) is 0.865. The van der Waals surface area contributed by atoms with Crippen LogP contribution in [0, 0.1) is 0 Å². The third-order valence-corrected chi connectivity index (χ3v) is 4.87. The fourth-order valence-corrected chi connectivity index (χ4v) is 3.90. The number of aromatic nitrogens is 3. The molecule has 0 aliphatic carbocycles. The van der Waals surface area contributed by atoms with E-state index in [4.69, 9.17) is 5.73 Å². The first kappa shape index (κ1) is 14.1. The van der Waals surface area contributed by atoms with Gasteiger partial charge in [-0.05, 0) is 30.0 Å². The van der Waals surface area contributed by atoms with Crippen LogP contribution in [-0.2, 0) is 0 Å². The molecular weight excluding hydrogens is 304 g/mol. The van der Waals surface area contributed by atoms with E-state index in [9.17, 15) is 4.79 Å². The molecule has 0 fully saturated rings. The number of benzene rings is 1. The summed E-state index contributed by atoms with van der Waals surface area (Å²) in [6.07, 6.45) is 0. The molecule has 0 bridgehead atoms. The van der Waals surface area contributed by atoms with Gasteiger partial charge in [0.05, 0.1) is 10.2 Å². The van der Waals surface area contributed by atoms with Gasteiger partial charge in [-0.1, -0.05) is 13.8 Å². The summed E-state index contributed by atoms with van der Waals surface area (Å²) in [6.45, 7) is 3.99. The van der Waals surface area contributed by atoms with E-state index in [1.54, 1.807) is 11.3 Å². The summed E-state index contributed by atoms with van der Waals surface area (Å²) in [5, 5.41) is 0.662. The van der Waals surface area contributed by atoms with E-state index < -0.39 is 0 Å². The lowest BCUT2D eigenvalue weighted by Gasteiger charge is -2.05. The highest BCUT2D eigenvalue weighted by molar-refractivity contribution is 8.01. The van der Waals surface area contributed by atoms with Crippen LogP contribution in [0.5, 0.6) is 0 Å². The largest absolute Gasteiger partial charge is 0.399 e. The Morgan fingerprint density at radius 1 is 1.29 bits per heavy atom. The summed E-state index contributed by atoms with van der Waals surface area (Å²) in [5.41, 5.74) is 7.26. The molecule has 1 aromatic carbocycles. The van der Waals surface area contributed by atoms with Gasteiger partial charge in [0.2, 0.25) is 0 Å². The molecule has 0 atom stereocenters. The summed E-state index contributed by atoms with van der Waals surface area (Å²) in [4.78, 5) is 23.4. The summed E-state index contributed by atoms with van der Waals surface area (Å²) < 4.78 is 1.88. The summed E-state index contributed by atoms with van der Waals surface area (Å²) in [6, 6.07) is 7.13. The molecule has 0 amide bonds. The van der Waals surface area contributed by atoms with Crippen LogP contribution in [0.15, 0.2) is 38.4 Å². The number of nitrogen functional groups attached to an aromatic ring is 1. The minimum atomic E-state index is -0.137. The van der Waals surface area contributed by atoms with Crippen molar-refractivity contribution >= 4 is 39.0 Å². The molecule has 0 spiro atoms. The normalized spacial score (nSPS) is 11.4. The van der Waals surface area contributed by atoms with Crippen LogP contribution in [0.3, 0.4) is 0 Å². The number of hydrogen-bond acceptors (Lipinski definition) is 6. The lowest BCUT2D eigenvalue weighted by molar-refractivity contribution is 0.744. The predicted octanol–water partition coefficient (Wildman–Crippen LogP) is 3.24. The van der Waals surface area contributed by atoms with Crippen LogP contribution in [0.25, 0.3) is 10.2 Å². The summed E-state index contributed by atoms with van der Waals surface area (Å²) >= 11 is 2.95. The van der Waals surface area contributed by atoms with Gasteiger partial charge in [0.1, 0.15) is 10.9 Å². The number of nitrogens with two attached hydrogens (primary N) is 1. The van der Waals surface area contributed by atoms with Crippen LogP contribution < -0.4 is 11.3 Å². The topological polar surface area (TPSA) is 84.7 Å². The van der Waals surface area contributed by atoms with Crippen molar-refractivity contribution in [1.29, 1.82) is 0 Å². The number of fused-ring (bicyclic) bond motifs is 1. The average Bonchev–Trinajstić information content (AvgIpc) is 2.79. The van der Waals surface area contributed by atoms with Crippen LogP contribution >= 0.6 is 23.1 Å². The van der Waals surface area contributed by atoms with Crippen LogP contribution in [0.2, 0.25) is 0 Å². The van der Waals surface area contributed by atoms with E-state index in [-0.39, 0.29) is 11.5 Å². The van der Waals surface area contributed by atoms with Crippen molar-refractivity contribution in [3.8, 4) is 0 Å². The molecule has 0 aliphatic rings. The van der Waals surface area contributed by atoms with E-state index >= 15 is 0 Å². The number of aromatic amines is 1. The maximum Gasteiger partial charge on any atom is 0.252 e. The van der Waals surface area contributed by atoms with Gasteiger partial charge in [-0.25, -0.2) is 9.97 Å². The molecule has 21 heavy (non-hydrogen) atoms. The number of nitrogens with zero attached hydrogens (tertiary/aromatic N) is 2. The number of nitrogens with one attached hydrogen (secondary N) is 1. The zero-order chi connectivity index (χ0) is 15.0. The van der Waals surface area contributed by atoms with Crippen LogP contribution in [0.1, 0.15) is 25.6 Å². The highest BCUT2D eigenvalue weighted by Gasteiger charge is 2.10. The molecule has 2 heterocycles. The highest BCUT2D eigenvalue weighted by atomic mass is 32.2. The molecule has 0 radical (unpaired) electrons. The lowest BCUT2D eigenvalue weighted by Crippen LogP contribution is -2.11. The first-order chi connectivity index (χ1) is 10.0. The van der Waals surface area contributed by atoms with Crippen molar-refractivity contribution < 1.29 is 0 Å². The van der Waals surface area contributed by atoms with E-state index in [1.165, 1.54) is 17.8 Å². The van der Waals surface area contributed by atoms with E-state index in [1.807, 2.05) is 32.0 Å². The molecule has 3 aromatic rings. The van der Waals surface area contributed by atoms with Gasteiger partial charge in [0.15, 0.2) is 4.34 Å². The van der Waals surface area contributed by atoms with Gasteiger partial charge in [-0.15, -0.1) is 11.3 Å². The molecule has 0 aliphatic heterocycles. The van der Waals surface area contributed by atoms with E-state index in [2.05, 4.69) is 15.0 Å². The third-order valence-electron chi connectivity index (χ3n) is 2.87. The van der Waals surface area contributed by atoms with E-state index in [0.717, 1.165) is 20.2 Å². The maximum atomic E-state index is 11.7. The maximum absolute atomic E-state index is 11.7. The van der Waals surface area contributed by atoms with Gasteiger partial charge in [-0.2, -0.15) is 0 Å². The molecule has 3 N–H and O–H groups in total. The van der Waals surface area contributed by atoms with Crippen molar-refractivity contribution in [3.63, 3.8) is 0 Å². The van der Waals surface area contributed by atoms with E-state index in [0.29, 0.717) is 10.9 Å². The average molecular weight is 318 g/mol. The minimum absolute atomic E-state index is 0.137. The number of rotatable bonds is 3. The highest BCUT2D eigenvalue weighted by Crippen LogP contribution is 2.34. The van der Waals surface area contributed by atoms with Crippen molar-refractivity contribution in [2.75, 3.05) is 5.73 Å². The Labute approximate surface area is 129 Å². The molecule has 7 heteroatoms. The first-order valence-electron chi connectivity index (χ1n) is 6.46. The number of anilines is 1. The lowest BCUT2D eigenvalue weighted by atomic mass is 10.2. The molecular formula is C14H14N4OS2. The minimum Gasteiger partial charge on any atom is -0.399 e. The monoisotopic (exact) mass is 318 g/mol. The number of H-pyrrole nitrogens is 1. The molecule has 0 saturated heterocycles. The fourth-order valence-electron chi connectivity index (χ4n) is 1.83. The van der Waals surface area contributed by atoms with Crippen LogP contribution in [0.4, 0.5) is 5.69 Å². The second-order valence-corrected chi connectivity index (χ2v) is 7.23. The molecule has 3 rings (SSSR count). The molecule has 0 unspecified atom stereocenters. The van der Waals surface area contributed by atoms with Crippen LogP contribution in [-0.4, -0.2) is 15.0 Å². The zero-order valence-electron chi connectivity index (χ0n) is 11.6. The van der Waals surface area contributed by atoms with Gasteiger partial charge in [0, 0.05) is 17.7 Å². The Bertz CT molecular complexity index is 854. The Balaban J connectivity index is 1.96. The third kappa shape index (κ3) is 3.08. The zero-order valence-corrected chi connectivity index (χ0v) is 13.2. The van der Waals surface area contributed by atoms with Gasteiger partial charge in [0.25, 0.3) is 5.56 Å². The Hall–Kier alpha value is -1.86. The number of thiazole rings is 1. The molecule has 5 nitrogen and oxygen atoms in total. The SMILES string of the molecule is CC(C)c1nc(Sc2nc3ccc(N)cc3s2)cc(=O)[nH]1. The fraction of sp³-hybridized carbons (Fsp3) is 0.214. The van der Waals surface area contributed by atoms with Crippen molar-refractivity contribution in [2.45, 2.75) is 29.1 Å². The molecule has 0 saturated carbocycles. The standard InChI is InChI=1S/C14H14N4OS2/c1-7(2)13-17-11(19)6-12(18-13)21-14-16-9-4-3-8(15)5-10(9)20-14/h3-7H,15H2,1-2H3,(H,17,18,19). The Morgan fingerprint density at radius 3 is 2.86 bits per heavy atom. The Kier molecular flexibility index (Phi) is 3.69. The quantitative estimate of drug-likeness (QED) is 0.572. The van der Waals surface area contributed by atoms with Gasteiger partial charge in [-0.3, -0.25) is 4.79 Å². The second kappa shape index (κ2) is 5.50. The van der Waals surface area contributed by atoms with Crippen molar-refractivity contribution in [1.82, 2.24) is 15.0 Å². The van der Waals surface area contributed by atoms with Crippen molar-refractivity contribution in [2.24, 2.45) is 0 Å². The smallest absolute Gasteiger partial charge is 0.252 e. The molecule has 2 aromatic heterocycles. The van der Waals surface area contributed by atoms with Gasteiger partial charge >= 0.3 is 0 Å². The Morgan fingerprint density at radius 2 is 2.10 bits per heavy atom. The first-order valence-corrected chi connectivity index (χ1v) is 8.10. The second-order valence-electron chi connectivity index (χ2n) is 4.93. The molecule has 108 valence electrons. The number of hydrogen-bond donors (Lipinski definition) is 2. The van der Waals surface area contributed by atoms with Crippen molar-refractivity contribution in [3.05, 3.63) is 40.4 Å².